The predicted octanol–water partition coefficient (Wildman–Crippen LogP) is 1.70. The van der Waals surface area contributed by atoms with Crippen LogP contribution >= 0.6 is 11.8 Å². The van der Waals surface area contributed by atoms with Crippen molar-refractivity contribution < 1.29 is 9.42 Å². The van der Waals surface area contributed by atoms with Crippen LogP contribution in [0.1, 0.15) is 41.0 Å². The van der Waals surface area contributed by atoms with Crippen LogP contribution < -0.4 is 11.2 Å². The number of nitrogen functional groups attached to an aromatic ring is 1. The number of carbonyl (C=O) groups is 1. The second-order valence-corrected chi connectivity index (χ2v) is 7.96. The molecule has 162 valence electrons. The zero-order valence-electron chi connectivity index (χ0n) is 17.1. The Hall–Kier alpha value is -3.25. The van der Waals surface area contributed by atoms with Gasteiger partial charge in [-0.3, -0.25) is 9.69 Å². The minimum absolute atomic E-state index is 0.0727. The van der Waals surface area contributed by atoms with E-state index in [9.17, 15) is 4.79 Å². The zero-order chi connectivity index (χ0) is 21.6. The van der Waals surface area contributed by atoms with Gasteiger partial charge in [-0.25, -0.2) is 10.1 Å². The molecular formula is C19H23N9O2S. The van der Waals surface area contributed by atoms with Crippen LogP contribution in [0.5, 0.6) is 0 Å². The molecule has 0 atom stereocenters. The maximum absolute atomic E-state index is 12.8. The number of nitrogens with zero attached hydrogens (tertiary/aromatic N) is 7. The van der Waals surface area contributed by atoms with E-state index in [1.165, 1.54) is 11.1 Å². The van der Waals surface area contributed by atoms with Crippen molar-refractivity contribution in [3.63, 3.8) is 0 Å². The van der Waals surface area contributed by atoms with Gasteiger partial charge in [0.05, 0.1) is 11.9 Å². The average molecular weight is 442 g/mol. The smallest absolute Gasteiger partial charge is 0.293 e. The standard InChI is InChI=1S/C19H23N9O2S/c1-31-14-7-5-13(6-8-14)11-21-23-19(29)16-15(12-27-9-3-2-4-10-27)28(26-22-16)18-17(20)24-30-25-18/h5-8,11H,2-4,9-10,12H2,1H3,(H2,20,24)(H,23,29)/b21-11-. The first-order valence-electron chi connectivity index (χ1n) is 9.88. The molecular weight excluding hydrogens is 418 g/mol. The molecule has 2 aromatic heterocycles. The minimum atomic E-state index is -0.467. The molecule has 3 aromatic rings. The predicted molar refractivity (Wildman–Crippen MR) is 116 cm³/mol. The summed E-state index contributed by atoms with van der Waals surface area (Å²) in [4.78, 5) is 16.2. The summed E-state index contributed by atoms with van der Waals surface area (Å²) in [6, 6.07) is 7.85. The molecule has 11 nitrogen and oxygen atoms in total. The molecule has 4 rings (SSSR count). The number of rotatable bonds is 7. The number of amides is 1. The van der Waals surface area contributed by atoms with Crippen LogP contribution in [0, 0.1) is 0 Å². The second-order valence-electron chi connectivity index (χ2n) is 7.08. The molecule has 31 heavy (non-hydrogen) atoms. The summed E-state index contributed by atoms with van der Waals surface area (Å²) < 4.78 is 6.09. The molecule has 0 bridgehead atoms. The third kappa shape index (κ3) is 4.91. The SMILES string of the molecule is CSc1ccc(/C=N\NC(=O)c2nnn(-c3nonc3N)c2CN2CCCCC2)cc1. The average Bonchev–Trinajstić information content (AvgIpc) is 3.40. The maximum Gasteiger partial charge on any atom is 0.293 e. The van der Waals surface area contributed by atoms with Gasteiger partial charge in [-0.05, 0) is 60.2 Å². The Labute approximate surface area is 183 Å². The quantitative estimate of drug-likeness (QED) is 0.318. The number of hydrogen-bond acceptors (Lipinski definition) is 10. The van der Waals surface area contributed by atoms with Gasteiger partial charge in [-0.2, -0.15) is 9.78 Å². The molecule has 0 radical (unpaired) electrons. The normalized spacial score (nSPS) is 14.9. The Morgan fingerprint density at radius 3 is 2.71 bits per heavy atom. The summed E-state index contributed by atoms with van der Waals surface area (Å²) in [5, 5.41) is 19.6. The first kappa shape index (κ1) is 21.0. The molecule has 1 aromatic carbocycles. The summed E-state index contributed by atoms with van der Waals surface area (Å²) >= 11 is 1.66. The van der Waals surface area contributed by atoms with E-state index < -0.39 is 5.91 Å². The van der Waals surface area contributed by atoms with Crippen LogP contribution in [0.25, 0.3) is 5.82 Å². The van der Waals surface area contributed by atoms with Crippen LogP contribution in [0.3, 0.4) is 0 Å². The molecule has 3 heterocycles. The topological polar surface area (TPSA) is 140 Å². The van der Waals surface area contributed by atoms with Gasteiger partial charge in [0.1, 0.15) is 0 Å². The van der Waals surface area contributed by atoms with E-state index >= 15 is 0 Å². The molecule has 1 aliphatic heterocycles. The van der Waals surface area contributed by atoms with Gasteiger partial charge >= 0.3 is 0 Å². The van der Waals surface area contributed by atoms with Gasteiger partial charge in [0, 0.05) is 11.4 Å². The number of hydrogen-bond donors (Lipinski definition) is 2. The summed E-state index contributed by atoms with van der Waals surface area (Å²) in [7, 11) is 0. The van der Waals surface area contributed by atoms with Gasteiger partial charge in [-0.1, -0.05) is 23.8 Å². The van der Waals surface area contributed by atoms with E-state index in [1.54, 1.807) is 18.0 Å². The van der Waals surface area contributed by atoms with Gasteiger partial charge in [-0.15, -0.1) is 16.9 Å². The van der Waals surface area contributed by atoms with Gasteiger partial charge in [0.15, 0.2) is 5.69 Å². The molecule has 1 amide bonds. The van der Waals surface area contributed by atoms with Crippen LogP contribution in [0.4, 0.5) is 5.82 Å². The number of anilines is 1. The van der Waals surface area contributed by atoms with Crippen LogP contribution in [0.15, 0.2) is 38.9 Å². The highest BCUT2D eigenvalue weighted by molar-refractivity contribution is 7.98. The lowest BCUT2D eigenvalue weighted by Gasteiger charge is -2.26. The lowest BCUT2D eigenvalue weighted by Crippen LogP contribution is -2.31. The van der Waals surface area contributed by atoms with E-state index in [-0.39, 0.29) is 17.3 Å². The fourth-order valence-corrected chi connectivity index (χ4v) is 3.77. The highest BCUT2D eigenvalue weighted by Crippen LogP contribution is 2.20. The number of piperidine rings is 1. The van der Waals surface area contributed by atoms with Crippen LogP contribution in [-0.4, -0.2) is 61.7 Å². The first-order valence-corrected chi connectivity index (χ1v) is 11.1. The van der Waals surface area contributed by atoms with E-state index in [0.717, 1.165) is 36.4 Å². The Morgan fingerprint density at radius 2 is 2.03 bits per heavy atom. The fraction of sp³-hybridized carbons (Fsp3) is 0.368. The van der Waals surface area contributed by atoms with E-state index in [1.807, 2.05) is 30.5 Å². The van der Waals surface area contributed by atoms with Crippen molar-refractivity contribution in [3.05, 3.63) is 41.2 Å². The van der Waals surface area contributed by atoms with Crippen molar-refractivity contribution in [1.29, 1.82) is 0 Å². The third-order valence-corrected chi connectivity index (χ3v) is 5.74. The number of likely N-dealkylation sites (tertiary alicyclic amines) is 1. The number of aromatic nitrogens is 5. The first-order chi connectivity index (χ1) is 15.2. The number of hydrazone groups is 1. The molecule has 0 unspecified atom stereocenters. The molecule has 3 N–H and O–H groups in total. The molecule has 1 saturated heterocycles. The Morgan fingerprint density at radius 1 is 1.26 bits per heavy atom. The summed E-state index contributed by atoms with van der Waals surface area (Å²) in [5.41, 5.74) is 9.94. The number of thioether (sulfide) groups is 1. The van der Waals surface area contributed by atoms with Gasteiger partial charge in [0.25, 0.3) is 5.91 Å². The lowest BCUT2D eigenvalue weighted by atomic mass is 10.1. The second kappa shape index (κ2) is 9.71. The minimum Gasteiger partial charge on any atom is -0.378 e. The van der Waals surface area contributed by atoms with E-state index in [2.05, 4.69) is 36.1 Å². The van der Waals surface area contributed by atoms with Crippen LogP contribution in [0.2, 0.25) is 0 Å². The zero-order valence-corrected chi connectivity index (χ0v) is 17.9. The van der Waals surface area contributed by atoms with Crippen molar-refractivity contribution in [2.45, 2.75) is 30.7 Å². The third-order valence-electron chi connectivity index (χ3n) is 4.99. The van der Waals surface area contributed by atoms with Crippen LogP contribution in [-0.2, 0) is 6.54 Å². The number of nitrogens with two attached hydrogens (primary N) is 1. The monoisotopic (exact) mass is 441 g/mol. The summed E-state index contributed by atoms with van der Waals surface area (Å²) in [5.74, 6) is -0.190. The largest absolute Gasteiger partial charge is 0.378 e. The van der Waals surface area contributed by atoms with Gasteiger partial charge in [0.2, 0.25) is 11.6 Å². The Balaban J connectivity index is 1.54. The number of carbonyl (C=O) groups excluding carboxylic acids is 1. The van der Waals surface area contributed by atoms with Crippen molar-refractivity contribution in [1.82, 2.24) is 35.6 Å². The molecule has 0 spiro atoms. The number of benzene rings is 1. The van der Waals surface area contributed by atoms with Crippen molar-refractivity contribution >= 4 is 29.7 Å². The maximum atomic E-state index is 12.8. The molecule has 12 heteroatoms. The van der Waals surface area contributed by atoms with Crippen molar-refractivity contribution in [2.75, 3.05) is 25.1 Å². The molecule has 1 aliphatic rings. The number of nitrogens with one attached hydrogen (secondary N) is 1. The van der Waals surface area contributed by atoms with E-state index in [0.29, 0.717) is 12.2 Å². The van der Waals surface area contributed by atoms with E-state index in [4.69, 9.17) is 10.4 Å². The van der Waals surface area contributed by atoms with Gasteiger partial charge < -0.3 is 5.73 Å². The highest BCUT2D eigenvalue weighted by atomic mass is 32.2. The van der Waals surface area contributed by atoms with Crippen molar-refractivity contribution in [2.24, 2.45) is 5.10 Å². The van der Waals surface area contributed by atoms with Crippen molar-refractivity contribution in [3.8, 4) is 5.82 Å². The molecule has 1 fully saturated rings. The fourth-order valence-electron chi connectivity index (χ4n) is 3.37. The summed E-state index contributed by atoms with van der Waals surface area (Å²) in [6.45, 7) is 2.34. The lowest BCUT2D eigenvalue weighted by molar-refractivity contribution is 0.0947. The Kier molecular flexibility index (Phi) is 6.57. The molecule has 0 aliphatic carbocycles. The summed E-state index contributed by atoms with van der Waals surface area (Å²) in [6.07, 6.45) is 7.01. The Bertz CT molecular complexity index is 1050. The molecule has 0 saturated carbocycles. The highest BCUT2D eigenvalue weighted by Gasteiger charge is 2.26.